The molecule has 4 heteroatoms. The number of benzene rings is 1. The molecule has 4 nitrogen and oxygen atoms in total. The molecular formula is C13H16N2O2. The van der Waals surface area contributed by atoms with Gasteiger partial charge in [0.2, 0.25) is 5.89 Å². The highest BCUT2D eigenvalue weighted by Gasteiger charge is 2.14. The van der Waals surface area contributed by atoms with Crippen molar-refractivity contribution in [3.05, 3.63) is 29.7 Å². The summed E-state index contributed by atoms with van der Waals surface area (Å²) in [5.74, 6) is 0.799. The number of aryl methyl sites for hydroxylation is 1. The lowest BCUT2D eigenvalue weighted by Crippen LogP contribution is -2.35. The SMILES string of the molecule is Cc1ccc2nc(CN3CCOCC3)oc2c1. The number of oxazole rings is 1. The largest absolute Gasteiger partial charge is 0.439 e. The normalized spacial score (nSPS) is 17.7. The summed E-state index contributed by atoms with van der Waals surface area (Å²) >= 11 is 0. The lowest BCUT2D eigenvalue weighted by Gasteiger charge is -2.24. The van der Waals surface area contributed by atoms with E-state index < -0.39 is 0 Å². The molecule has 2 aromatic rings. The zero-order valence-electron chi connectivity index (χ0n) is 9.98. The standard InChI is InChI=1S/C13H16N2O2/c1-10-2-3-11-12(8-10)17-13(14-11)9-15-4-6-16-7-5-15/h2-3,8H,4-7,9H2,1H3. The van der Waals surface area contributed by atoms with E-state index in [9.17, 15) is 0 Å². The Kier molecular flexibility index (Phi) is 2.82. The second-order valence-electron chi connectivity index (χ2n) is 4.47. The zero-order chi connectivity index (χ0) is 11.7. The summed E-state index contributed by atoms with van der Waals surface area (Å²) in [5.41, 5.74) is 3.03. The summed E-state index contributed by atoms with van der Waals surface area (Å²) in [6.07, 6.45) is 0. The van der Waals surface area contributed by atoms with Gasteiger partial charge >= 0.3 is 0 Å². The van der Waals surface area contributed by atoms with E-state index in [0.717, 1.165) is 49.8 Å². The molecule has 2 heterocycles. The number of rotatable bonds is 2. The smallest absolute Gasteiger partial charge is 0.209 e. The Balaban J connectivity index is 1.80. The summed E-state index contributed by atoms with van der Waals surface area (Å²) in [4.78, 5) is 6.81. The molecule has 1 saturated heterocycles. The predicted molar refractivity (Wildman–Crippen MR) is 64.8 cm³/mol. The maximum atomic E-state index is 5.76. The van der Waals surface area contributed by atoms with Crippen LogP contribution in [0.25, 0.3) is 11.1 Å². The molecule has 0 atom stereocenters. The lowest BCUT2D eigenvalue weighted by molar-refractivity contribution is 0.0308. The quantitative estimate of drug-likeness (QED) is 0.793. The van der Waals surface area contributed by atoms with E-state index in [2.05, 4.69) is 22.9 Å². The number of nitrogens with zero attached hydrogens (tertiary/aromatic N) is 2. The van der Waals surface area contributed by atoms with Crippen LogP contribution in [0, 0.1) is 6.92 Å². The maximum absolute atomic E-state index is 5.76. The predicted octanol–water partition coefficient (Wildman–Crippen LogP) is 1.97. The van der Waals surface area contributed by atoms with Crippen LogP contribution in [0.5, 0.6) is 0 Å². The van der Waals surface area contributed by atoms with Gasteiger partial charge in [-0.2, -0.15) is 0 Å². The Labute approximate surface area is 100 Å². The molecule has 0 amide bonds. The Morgan fingerprint density at radius 2 is 2.12 bits per heavy atom. The van der Waals surface area contributed by atoms with Crippen molar-refractivity contribution in [3.8, 4) is 0 Å². The highest BCUT2D eigenvalue weighted by Crippen LogP contribution is 2.18. The van der Waals surface area contributed by atoms with Crippen molar-refractivity contribution in [1.29, 1.82) is 0 Å². The number of morpholine rings is 1. The van der Waals surface area contributed by atoms with E-state index in [4.69, 9.17) is 9.15 Å². The molecule has 0 saturated carbocycles. The van der Waals surface area contributed by atoms with Crippen molar-refractivity contribution in [2.45, 2.75) is 13.5 Å². The number of hydrogen-bond acceptors (Lipinski definition) is 4. The molecule has 1 aromatic carbocycles. The molecule has 3 rings (SSSR count). The molecule has 0 bridgehead atoms. The molecule has 1 fully saturated rings. The topological polar surface area (TPSA) is 38.5 Å². The van der Waals surface area contributed by atoms with Crippen LogP contribution in [0.3, 0.4) is 0 Å². The van der Waals surface area contributed by atoms with Gasteiger partial charge in [0, 0.05) is 13.1 Å². The second-order valence-corrected chi connectivity index (χ2v) is 4.47. The minimum absolute atomic E-state index is 0.775. The molecule has 0 spiro atoms. The Morgan fingerprint density at radius 1 is 1.29 bits per heavy atom. The maximum Gasteiger partial charge on any atom is 0.209 e. The average molecular weight is 232 g/mol. The van der Waals surface area contributed by atoms with Crippen LogP contribution in [-0.4, -0.2) is 36.2 Å². The molecule has 1 aliphatic heterocycles. The monoisotopic (exact) mass is 232 g/mol. The van der Waals surface area contributed by atoms with Crippen molar-refractivity contribution in [3.63, 3.8) is 0 Å². The second kappa shape index (κ2) is 4.47. The first-order valence-corrected chi connectivity index (χ1v) is 5.97. The minimum Gasteiger partial charge on any atom is -0.439 e. The van der Waals surface area contributed by atoms with Crippen LogP contribution < -0.4 is 0 Å². The van der Waals surface area contributed by atoms with Gasteiger partial charge in [0.1, 0.15) is 5.52 Å². The van der Waals surface area contributed by atoms with E-state index >= 15 is 0 Å². The van der Waals surface area contributed by atoms with Crippen molar-refractivity contribution in [2.75, 3.05) is 26.3 Å². The molecule has 0 aliphatic carbocycles. The Hall–Kier alpha value is -1.39. The summed E-state index contributed by atoms with van der Waals surface area (Å²) in [6, 6.07) is 6.10. The fourth-order valence-electron chi connectivity index (χ4n) is 2.10. The third kappa shape index (κ3) is 2.33. The Morgan fingerprint density at radius 3 is 2.94 bits per heavy atom. The van der Waals surface area contributed by atoms with Gasteiger partial charge in [-0.1, -0.05) is 6.07 Å². The van der Waals surface area contributed by atoms with Crippen molar-refractivity contribution in [2.24, 2.45) is 0 Å². The van der Waals surface area contributed by atoms with Crippen molar-refractivity contribution >= 4 is 11.1 Å². The highest BCUT2D eigenvalue weighted by atomic mass is 16.5. The first kappa shape index (κ1) is 10.7. The highest BCUT2D eigenvalue weighted by molar-refractivity contribution is 5.73. The van der Waals surface area contributed by atoms with Gasteiger partial charge in [0.25, 0.3) is 0 Å². The van der Waals surface area contributed by atoms with Crippen LogP contribution >= 0.6 is 0 Å². The van der Waals surface area contributed by atoms with E-state index in [1.165, 1.54) is 5.56 Å². The van der Waals surface area contributed by atoms with Crippen LogP contribution in [-0.2, 0) is 11.3 Å². The van der Waals surface area contributed by atoms with Gasteiger partial charge in [-0.05, 0) is 24.6 Å². The molecular weight excluding hydrogens is 216 g/mol. The number of hydrogen-bond donors (Lipinski definition) is 0. The molecule has 0 N–H and O–H groups in total. The molecule has 17 heavy (non-hydrogen) atoms. The molecule has 0 unspecified atom stereocenters. The summed E-state index contributed by atoms with van der Waals surface area (Å²) < 4.78 is 11.1. The molecule has 90 valence electrons. The van der Waals surface area contributed by atoms with E-state index in [0.29, 0.717) is 0 Å². The number of fused-ring (bicyclic) bond motifs is 1. The molecule has 1 aromatic heterocycles. The van der Waals surface area contributed by atoms with Crippen molar-refractivity contribution in [1.82, 2.24) is 9.88 Å². The number of aromatic nitrogens is 1. The first-order valence-electron chi connectivity index (χ1n) is 5.97. The van der Waals surface area contributed by atoms with Crippen LogP contribution in [0.15, 0.2) is 22.6 Å². The van der Waals surface area contributed by atoms with Gasteiger partial charge in [0.05, 0.1) is 19.8 Å². The number of ether oxygens (including phenoxy) is 1. The molecule has 1 aliphatic rings. The minimum atomic E-state index is 0.775. The van der Waals surface area contributed by atoms with E-state index in [1.807, 2.05) is 12.1 Å². The first-order chi connectivity index (χ1) is 8.31. The average Bonchev–Trinajstić information content (AvgIpc) is 2.71. The fraction of sp³-hybridized carbons (Fsp3) is 0.462. The van der Waals surface area contributed by atoms with Gasteiger partial charge in [-0.15, -0.1) is 0 Å². The summed E-state index contributed by atoms with van der Waals surface area (Å²) in [6.45, 7) is 6.36. The van der Waals surface area contributed by atoms with Crippen LogP contribution in [0.4, 0.5) is 0 Å². The van der Waals surface area contributed by atoms with Gasteiger partial charge < -0.3 is 9.15 Å². The van der Waals surface area contributed by atoms with Gasteiger partial charge in [0.15, 0.2) is 5.58 Å². The van der Waals surface area contributed by atoms with Crippen LogP contribution in [0.1, 0.15) is 11.5 Å². The van der Waals surface area contributed by atoms with Crippen molar-refractivity contribution < 1.29 is 9.15 Å². The third-order valence-electron chi connectivity index (χ3n) is 3.05. The Bertz CT molecular complexity index is 515. The van der Waals surface area contributed by atoms with Gasteiger partial charge in [-0.3, -0.25) is 4.90 Å². The zero-order valence-corrected chi connectivity index (χ0v) is 9.98. The third-order valence-corrected chi connectivity index (χ3v) is 3.05. The fourth-order valence-corrected chi connectivity index (χ4v) is 2.10. The summed E-state index contributed by atoms with van der Waals surface area (Å²) in [5, 5.41) is 0. The van der Waals surface area contributed by atoms with Gasteiger partial charge in [-0.25, -0.2) is 4.98 Å². The molecule has 0 radical (unpaired) electrons. The summed E-state index contributed by atoms with van der Waals surface area (Å²) in [7, 11) is 0. The lowest BCUT2D eigenvalue weighted by atomic mass is 10.2. The van der Waals surface area contributed by atoms with E-state index in [-0.39, 0.29) is 0 Å². The van der Waals surface area contributed by atoms with E-state index in [1.54, 1.807) is 0 Å². The van der Waals surface area contributed by atoms with Crippen LogP contribution in [0.2, 0.25) is 0 Å².